The van der Waals surface area contributed by atoms with E-state index in [-0.39, 0.29) is 17.3 Å². The van der Waals surface area contributed by atoms with Crippen molar-refractivity contribution in [2.45, 2.75) is 25.2 Å². The first-order valence-corrected chi connectivity index (χ1v) is 7.63. The fraction of sp³-hybridized carbons (Fsp3) is 0.538. The van der Waals surface area contributed by atoms with Gasteiger partial charge in [0.1, 0.15) is 5.82 Å². The topological polar surface area (TPSA) is 43.4 Å². The molecule has 0 radical (unpaired) electrons. The summed E-state index contributed by atoms with van der Waals surface area (Å²) in [5, 5.41) is 0. The molecule has 0 heterocycles. The van der Waals surface area contributed by atoms with Crippen molar-refractivity contribution in [2.75, 3.05) is 19.0 Å². The summed E-state index contributed by atoms with van der Waals surface area (Å²) in [7, 11) is -3.37. The fourth-order valence-electron chi connectivity index (χ4n) is 1.35. The first kappa shape index (κ1) is 15.1. The van der Waals surface area contributed by atoms with Crippen LogP contribution in [0.3, 0.4) is 0 Å². The number of ether oxygens (including phenoxy) is 1. The van der Waals surface area contributed by atoms with Crippen LogP contribution in [0.15, 0.2) is 29.2 Å². The largest absolute Gasteiger partial charge is 0.380 e. The van der Waals surface area contributed by atoms with Gasteiger partial charge in [-0.25, -0.2) is 12.8 Å². The maximum absolute atomic E-state index is 12.7. The van der Waals surface area contributed by atoms with E-state index < -0.39 is 15.7 Å². The van der Waals surface area contributed by atoms with Crippen molar-refractivity contribution in [3.8, 4) is 0 Å². The molecular formula is C13H19FO3S. The molecule has 0 atom stereocenters. The van der Waals surface area contributed by atoms with Crippen molar-refractivity contribution < 1.29 is 17.5 Å². The summed E-state index contributed by atoms with van der Waals surface area (Å²) in [5.41, 5.74) is 0. The summed E-state index contributed by atoms with van der Waals surface area (Å²) in [6.45, 7) is 4.90. The number of rotatable bonds is 7. The normalized spacial score (nSPS) is 12.0. The molecule has 18 heavy (non-hydrogen) atoms. The molecule has 0 aromatic heterocycles. The van der Waals surface area contributed by atoms with E-state index in [1.54, 1.807) is 0 Å². The van der Waals surface area contributed by atoms with Gasteiger partial charge in [-0.15, -0.1) is 0 Å². The van der Waals surface area contributed by atoms with Crippen molar-refractivity contribution in [3.63, 3.8) is 0 Å². The lowest BCUT2D eigenvalue weighted by molar-refractivity contribution is 0.137. The van der Waals surface area contributed by atoms with Crippen molar-refractivity contribution in [2.24, 2.45) is 5.92 Å². The SMILES string of the molecule is CC(C)CCOCCS(=O)(=O)c1ccc(F)cc1. The summed E-state index contributed by atoms with van der Waals surface area (Å²) in [6.07, 6.45) is 0.913. The minimum atomic E-state index is -3.37. The van der Waals surface area contributed by atoms with E-state index in [2.05, 4.69) is 13.8 Å². The standard InChI is InChI=1S/C13H19FO3S/c1-11(2)7-8-17-9-10-18(15,16)13-5-3-12(14)4-6-13/h3-6,11H,7-10H2,1-2H3. The van der Waals surface area contributed by atoms with E-state index in [9.17, 15) is 12.8 Å². The highest BCUT2D eigenvalue weighted by molar-refractivity contribution is 7.91. The minimum absolute atomic E-state index is 0.0727. The van der Waals surface area contributed by atoms with E-state index >= 15 is 0 Å². The third-order valence-electron chi connectivity index (χ3n) is 2.51. The van der Waals surface area contributed by atoms with Gasteiger partial charge in [-0.05, 0) is 36.6 Å². The van der Waals surface area contributed by atoms with Gasteiger partial charge in [0.05, 0.1) is 17.3 Å². The van der Waals surface area contributed by atoms with Gasteiger partial charge in [0.15, 0.2) is 9.84 Å². The van der Waals surface area contributed by atoms with Crippen LogP contribution in [0.5, 0.6) is 0 Å². The van der Waals surface area contributed by atoms with E-state index in [0.717, 1.165) is 18.6 Å². The van der Waals surface area contributed by atoms with Gasteiger partial charge in [0.2, 0.25) is 0 Å². The molecule has 0 aliphatic carbocycles. The van der Waals surface area contributed by atoms with Crippen LogP contribution in [-0.2, 0) is 14.6 Å². The minimum Gasteiger partial charge on any atom is -0.380 e. The Balaban J connectivity index is 2.43. The molecule has 102 valence electrons. The molecule has 1 aromatic carbocycles. The maximum atomic E-state index is 12.7. The Kier molecular flexibility index (Phi) is 5.75. The van der Waals surface area contributed by atoms with Crippen LogP contribution in [0.4, 0.5) is 4.39 Å². The molecule has 1 aromatic rings. The second-order valence-electron chi connectivity index (χ2n) is 4.57. The van der Waals surface area contributed by atoms with Gasteiger partial charge in [-0.1, -0.05) is 13.8 Å². The monoisotopic (exact) mass is 274 g/mol. The van der Waals surface area contributed by atoms with Gasteiger partial charge < -0.3 is 4.74 Å². The predicted octanol–water partition coefficient (Wildman–Crippen LogP) is 2.66. The predicted molar refractivity (Wildman–Crippen MR) is 68.7 cm³/mol. The van der Waals surface area contributed by atoms with E-state index in [1.807, 2.05) is 0 Å². The van der Waals surface area contributed by atoms with Gasteiger partial charge in [0.25, 0.3) is 0 Å². The number of hydrogen-bond donors (Lipinski definition) is 0. The van der Waals surface area contributed by atoms with Crippen LogP contribution in [-0.4, -0.2) is 27.4 Å². The molecule has 0 amide bonds. The average molecular weight is 274 g/mol. The van der Waals surface area contributed by atoms with Crippen molar-refractivity contribution >= 4 is 9.84 Å². The molecule has 0 saturated heterocycles. The van der Waals surface area contributed by atoms with Crippen molar-refractivity contribution in [3.05, 3.63) is 30.1 Å². The lowest BCUT2D eigenvalue weighted by Crippen LogP contribution is -2.13. The Labute approximate surface area is 108 Å². The van der Waals surface area contributed by atoms with E-state index in [0.29, 0.717) is 12.5 Å². The first-order valence-electron chi connectivity index (χ1n) is 5.98. The summed E-state index contributed by atoms with van der Waals surface area (Å²) >= 11 is 0. The Morgan fingerprint density at radius 3 is 2.33 bits per heavy atom. The van der Waals surface area contributed by atoms with Crippen LogP contribution in [0, 0.1) is 11.7 Å². The zero-order valence-electron chi connectivity index (χ0n) is 10.7. The molecule has 0 aliphatic heterocycles. The number of sulfone groups is 1. The fourth-order valence-corrected chi connectivity index (χ4v) is 2.47. The van der Waals surface area contributed by atoms with Crippen LogP contribution in [0.25, 0.3) is 0 Å². The molecule has 3 nitrogen and oxygen atoms in total. The summed E-state index contributed by atoms with van der Waals surface area (Å²) < 4.78 is 41.6. The van der Waals surface area contributed by atoms with Gasteiger partial charge in [-0.3, -0.25) is 0 Å². The maximum Gasteiger partial charge on any atom is 0.180 e. The third-order valence-corrected chi connectivity index (χ3v) is 4.20. The quantitative estimate of drug-likeness (QED) is 0.567. The molecule has 0 unspecified atom stereocenters. The van der Waals surface area contributed by atoms with Crippen molar-refractivity contribution in [1.29, 1.82) is 0 Å². The molecule has 0 spiro atoms. The zero-order chi connectivity index (χ0) is 13.6. The third kappa shape index (κ3) is 5.14. The smallest absolute Gasteiger partial charge is 0.180 e. The Bertz CT molecular complexity index is 452. The number of benzene rings is 1. The van der Waals surface area contributed by atoms with Gasteiger partial charge >= 0.3 is 0 Å². The second-order valence-corrected chi connectivity index (χ2v) is 6.68. The molecule has 0 aliphatic rings. The number of hydrogen-bond acceptors (Lipinski definition) is 3. The Hall–Kier alpha value is -0.940. The van der Waals surface area contributed by atoms with Crippen LogP contribution < -0.4 is 0 Å². The molecular weight excluding hydrogens is 255 g/mol. The molecule has 0 fully saturated rings. The van der Waals surface area contributed by atoms with Crippen LogP contribution >= 0.6 is 0 Å². The lowest BCUT2D eigenvalue weighted by Gasteiger charge is -2.07. The molecule has 5 heteroatoms. The van der Waals surface area contributed by atoms with Crippen LogP contribution in [0.2, 0.25) is 0 Å². The average Bonchev–Trinajstić information content (AvgIpc) is 2.28. The first-order chi connectivity index (χ1) is 8.42. The second kappa shape index (κ2) is 6.85. The summed E-state index contributed by atoms with van der Waals surface area (Å²) in [4.78, 5) is 0.136. The Morgan fingerprint density at radius 2 is 1.78 bits per heavy atom. The number of halogens is 1. The van der Waals surface area contributed by atoms with E-state index in [4.69, 9.17) is 4.74 Å². The summed E-state index contributed by atoms with van der Waals surface area (Å²) in [6, 6.07) is 4.84. The van der Waals surface area contributed by atoms with E-state index in [1.165, 1.54) is 12.1 Å². The summed E-state index contributed by atoms with van der Waals surface area (Å²) in [5.74, 6) is 0.0253. The highest BCUT2D eigenvalue weighted by Crippen LogP contribution is 2.11. The molecule has 0 saturated carbocycles. The highest BCUT2D eigenvalue weighted by atomic mass is 32.2. The molecule has 0 N–H and O–H groups in total. The zero-order valence-corrected chi connectivity index (χ0v) is 11.5. The molecule has 0 bridgehead atoms. The van der Waals surface area contributed by atoms with Gasteiger partial charge in [0, 0.05) is 6.61 Å². The lowest BCUT2D eigenvalue weighted by atomic mass is 10.1. The molecule has 1 rings (SSSR count). The van der Waals surface area contributed by atoms with Gasteiger partial charge in [-0.2, -0.15) is 0 Å². The van der Waals surface area contributed by atoms with Crippen LogP contribution in [0.1, 0.15) is 20.3 Å². The van der Waals surface area contributed by atoms with Crippen molar-refractivity contribution in [1.82, 2.24) is 0 Å². The Morgan fingerprint density at radius 1 is 1.17 bits per heavy atom. The highest BCUT2D eigenvalue weighted by Gasteiger charge is 2.14.